The molecule has 0 saturated heterocycles. The fourth-order valence-electron chi connectivity index (χ4n) is 2.39. The van der Waals surface area contributed by atoms with Gasteiger partial charge in [0, 0.05) is 24.6 Å². The van der Waals surface area contributed by atoms with Crippen molar-refractivity contribution in [3.63, 3.8) is 0 Å². The second-order valence-corrected chi connectivity index (χ2v) is 4.50. The Balaban J connectivity index is 1.86. The Morgan fingerprint density at radius 2 is 2.33 bits per heavy atom. The maximum atomic E-state index is 10.9. The third-order valence-electron chi connectivity index (χ3n) is 3.24. The summed E-state index contributed by atoms with van der Waals surface area (Å²) in [6, 6.07) is 2.02. The average Bonchev–Trinajstić information content (AvgIpc) is 2.93. The molecule has 1 aliphatic carbocycles. The van der Waals surface area contributed by atoms with Crippen LogP contribution in [0.15, 0.2) is 22.9 Å². The molecule has 94 valence electrons. The van der Waals surface area contributed by atoms with Crippen LogP contribution >= 0.6 is 0 Å². The van der Waals surface area contributed by atoms with Gasteiger partial charge in [0.05, 0.1) is 19.0 Å². The van der Waals surface area contributed by atoms with Crippen molar-refractivity contribution in [2.45, 2.75) is 26.3 Å². The van der Waals surface area contributed by atoms with Gasteiger partial charge in [-0.3, -0.25) is 9.48 Å². The van der Waals surface area contributed by atoms with Gasteiger partial charge in [0.2, 0.25) is 5.91 Å². The molecule has 18 heavy (non-hydrogen) atoms. The van der Waals surface area contributed by atoms with Crippen LogP contribution in [0.1, 0.15) is 18.1 Å². The quantitative estimate of drug-likeness (QED) is 0.888. The third kappa shape index (κ3) is 1.81. The van der Waals surface area contributed by atoms with Crippen molar-refractivity contribution in [1.82, 2.24) is 15.1 Å². The summed E-state index contributed by atoms with van der Waals surface area (Å²) in [6.45, 7) is 2.76. The van der Waals surface area contributed by atoms with Gasteiger partial charge in [-0.2, -0.15) is 5.10 Å². The van der Waals surface area contributed by atoms with Crippen molar-refractivity contribution in [3.8, 4) is 11.5 Å². The lowest BCUT2D eigenvalue weighted by Gasteiger charge is -2.13. The molecule has 0 aromatic carbocycles. The fraction of sp³-hybridized carbons (Fsp3) is 0.385. The van der Waals surface area contributed by atoms with E-state index in [1.807, 2.05) is 16.9 Å². The summed E-state index contributed by atoms with van der Waals surface area (Å²) in [5.74, 6) is 0.909. The number of nitrogens with zero attached hydrogens (tertiary/aromatic N) is 2. The van der Waals surface area contributed by atoms with Crippen LogP contribution < -0.4 is 5.32 Å². The first kappa shape index (κ1) is 11.1. The van der Waals surface area contributed by atoms with Gasteiger partial charge in [0.1, 0.15) is 5.69 Å². The molecular formula is C13H15N3O2. The molecule has 0 fully saturated rings. The third-order valence-corrected chi connectivity index (χ3v) is 3.24. The van der Waals surface area contributed by atoms with Crippen molar-refractivity contribution >= 4 is 5.91 Å². The first-order valence-corrected chi connectivity index (χ1v) is 6.11. The Hall–Kier alpha value is -2.04. The molecule has 2 aromatic rings. The largest absolute Gasteiger partial charge is 0.462 e. The molecule has 3 rings (SSSR count). The Bertz CT molecular complexity index is 583. The number of amides is 1. The molecule has 0 aliphatic heterocycles. The Labute approximate surface area is 105 Å². The van der Waals surface area contributed by atoms with E-state index in [1.165, 1.54) is 18.1 Å². The van der Waals surface area contributed by atoms with Crippen LogP contribution in [0.2, 0.25) is 0 Å². The standard InChI is InChI=1S/C13H15N3O2/c1-9(17)14-5-6-16-12-11(8-15-16)3-2-10-4-7-18-13(10)12/h4,7-8H,2-3,5-6H2,1H3,(H,14,17). The summed E-state index contributed by atoms with van der Waals surface area (Å²) in [7, 11) is 0. The lowest BCUT2D eigenvalue weighted by molar-refractivity contribution is -0.118. The predicted molar refractivity (Wildman–Crippen MR) is 66.0 cm³/mol. The van der Waals surface area contributed by atoms with Crippen molar-refractivity contribution in [3.05, 3.63) is 29.7 Å². The van der Waals surface area contributed by atoms with Crippen LogP contribution in [-0.4, -0.2) is 22.2 Å². The first-order chi connectivity index (χ1) is 8.75. The van der Waals surface area contributed by atoms with Crippen molar-refractivity contribution in [1.29, 1.82) is 0 Å². The number of aryl methyl sites for hydroxylation is 2. The van der Waals surface area contributed by atoms with Crippen molar-refractivity contribution in [2.75, 3.05) is 6.54 Å². The van der Waals surface area contributed by atoms with E-state index < -0.39 is 0 Å². The zero-order chi connectivity index (χ0) is 12.5. The molecule has 0 unspecified atom stereocenters. The first-order valence-electron chi connectivity index (χ1n) is 6.11. The highest BCUT2D eigenvalue weighted by molar-refractivity contribution is 5.72. The zero-order valence-corrected chi connectivity index (χ0v) is 10.3. The van der Waals surface area contributed by atoms with Gasteiger partial charge in [-0.25, -0.2) is 0 Å². The monoisotopic (exact) mass is 245 g/mol. The minimum atomic E-state index is -0.0188. The van der Waals surface area contributed by atoms with E-state index in [-0.39, 0.29) is 5.91 Å². The molecule has 0 saturated carbocycles. The second kappa shape index (κ2) is 4.33. The van der Waals surface area contributed by atoms with Crippen LogP contribution in [0.4, 0.5) is 0 Å². The number of hydrogen-bond acceptors (Lipinski definition) is 3. The molecular weight excluding hydrogens is 230 g/mol. The van der Waals surface area contributed by atoms with Gasteiger partial charge in [-0.15, -0.1) is 0 Å². The van der Waals surface area contributed by atoms with Crippen LogP contribution in [0.5, 0.6) is 0 Å². The van der Waals surface area contributed by atoms with E-state index in [9.17, 15) is 4.79 Å². The minimum absolute atomic E-state index is 0.0188. The highest BCUT2D eigenvalue weighted by atomic mass is 16.3. The highest BCUT2D eigenvalue weighted by Gasteiger charge is 2.23. The maximum Gasteiger partial charge on any atom is 0.216 e. The van der Waals surface area contributed by atoms with Gasteiger partial charge in [-0.1, -0.05) is 0 Å². The Morgan fingerprint density at radius 3 is 3.17 bits per heavy atom. The highest BCUT2D eigenvalue weighted by Crippen LogP contribution is 2.33. The molecule has 0 spiro atoms. The van der Waals surface area contributed by atoms with E-state index in [0.29, 0.717) is 13.1 Å². The molecule has 0 bridgehead atoms. The Morgan fingerprint density at radius 1 is 1.50 bits per heavy atom. The smallest absolute Gasteiger partial charge is 0.216 e. The molecule has 1 amide bonds. The van der Waals surface area contributed by atoms with E-state index in [1.54, 1.807) is 6.26 Å². The number of hydrogen-bond donors (Lipinski definition) is 1. The molecule has 2 aromatic heterocycles. The number of furan rings is 1. The van der Waals surface area contributed by atoms with E-state index >= 15 is 0 Å². The summed E-state index contributed by atoms with van der Waals surface area (Å²) in [5.41, 5.74) is 3.52. The molecule has 0 radical (unpaired) electrons. The van der Waals surface area contributed by atoms with Crippen LogP contribution in [-0.2, 0) is 24.2 Å². The number of carbonyl (C=O) groups is 1. The normalized spacial score (nSPS) is 12.9. The van der Waals surface area contributed by atoms with E-state index in [0.717, 1.165) is 24.3 Å². The SMILES string of the molecule is CC(=O)NCCn1ncc2c1-c1occc1CC2. The Kier molecular flexibility index (Phi) is 2.66. The van der Waals surface area contributed by atoms with Gasteiger partial charge in [-0.05, 0) is 18.9 Å². The number of aromatic nitrogens is 2. The van der Waals surface area contributed by atoms with Gasteiger partial charge < -0.3 is 9.73 Å². The van der Waals surface area contributed by atoms with Crippen LogP contribution in [0.3, 0.4) is 0 Å². The lowest BCUT2D eigenvalue weighted by Crippen LogP contribution is -2.25. The predicted octanol–water partition coefficient (Wildman–Crippen LogP) is 1.38. The van der Waals surface area contributed by atoms with Crippen LogP contribution in [0.25, 0.3) is 11.5 Å². The van der Waals surface area contributed by atoms with Gasteiger partial charge in [0.15, 0.2) is 5.76 Å². The summed E-state index contributed by atoms with van der Waals surface area (Å²) in [5, 5.41) is 7.16. The number of nitrogens with one attached hydrogen (secondary N) is 1. The van der Waals surface area contributed by atoms with Crippen molar-refractivity contribution < 1.29 is 9.21 Å². The summed E-state index contributed by atoms with van der Waals surface area (Å²) in [6.07, 6.45) is 5.64. The molecule has 5 heteroatoms. The summed E-state index contributed by atoms with van der Waals surface area (Å²) >= 11 is 0. The van der Waals surface area contributed by atoms with Gasteiger partial charge in [0.25, 0.3) is 0 Å². The number of carbonyl (C=O) groups excluding carboxylic acids is 1. The number of rotatable bonds is 3. The minimum Gasteiger partial charge on any atom is -0.462 e. The molecule has 1 N–H and O–H groups in total. The average molecular weight is 245 g/mol. The fourth-order valence-corrected chi connectivity index (χ4v) is 2.39. The summed E-state index contributed by atoms with van der Waals surface area (Å²) in [4.78, 5) is 10.9. The molecule has 1 aliphatic rings. The topological polar surface area (TPSA) is 60.1 Å². The molecule has 5 nitrogen and oxygen atoms in total. The lowest BCUT2D eigenvalue weighted by atomic mass is 9.97. The van der Waals surface area contributed by atoms with Crippen LogP contribution in [0, 0.1) is 0 Å². The van der Waals surface area contributed by atoms with E-state index in [4.69, 9.17) is 4.42 Å². The van der Waals surface area contributed by atoms with Crippen molar-refractivity contribution in [2.24, 2.45) is 0 Å². The second-order valence-electron chi connectivity index (χ2n) is 4.50. The maximum absolute atomic E-state index is 10.9. The molecule has 0 atom stereocenters. The number of fused-ring (bicyclic) bond motifs is 3. The van der Waals surface area contributed by atoms with Gasteiger partial charge >= 0.3 is 0 Å². The van der Waals surface area contributed by atoms with E-state index in [2.05, 4.69) is 10.4 Å². The zero-order valence-electron chi connectivity index (χ0n) is 10.3. The molecule has 2 heterocycles. The summed E-state index contributed by atoms with van der Waals surface area (Å²) < 4.78 is 7.47.